The van der Waals surface area contributed by atoms with Gasteiger partial charge in [-0.05, 0) is 12.5 Å². The van der Waals surface area contributed by atoms with E-state index >= 15 is 0 Å². The number of anilines is 1. The number of benzene rings is 1. The maximum atomic E-state index is 13.5. The van der Waals surface area contributed by atoms with Crippen LogP contribution < -0.4 is 4.90 Å². The molecule has 4 rings (SSSR count). The lowest BCUT2D eigenvalue weighted by Crippen LogP contribution is -2.40. The number of pyridine rings is 1. The monoisotopic (exact) mass is 460 g/mol. The van der Waals surface area contributed by atoms with Crippen LogP contribution in [-0.2, 0) is 7.05 Å². The van der Waals surface area contributed by atoms with Crippen LogP contribution in [0.5, 0.6) is 0 Å². The van der Waals surface area contributed by atoms with Crippen LogP contribution in [0.15, 0.2) is 61.1 Å². The summed E-state index contributed by atoms with van der Waals surface area (Å²) in [5, 5.41) is 13.7. The zero-order valence-corrected chi connectivity index (χ0v) is 19.7. The lowest BCUT2D eigenvalue weighted by atomic mass is 10.1. The highest BCUT2D eigenvalue weighted by atomic mass is 16.3. The zero-order chi connectivity index (χ0) is 24.4. The summed E-state index contributed by atoms with van der Waals surface area (Å²) in [7, 11) is 4.90. The van der Waals surface area contributed by atoms with Gasteiger partial charge in [0.2, 0.25) is 0 Å². The quantitative estimate of drug-likeness (QED) is 0.458. The van der Waals surface area contributed by atoms with Gasteiger partial charge in [-0.2, -0.15) is 5.10 Å². The van der Waals surface area contributed by atoms with E-state index in [2.05, 4.69) is 5.10 Å². The predicted octanol–water partition coefficient (Wildman–Crippen LogP) is 2.85. The number of aryl methyl sites for hydroxylation is 1. The Kier molecular flexibility index (Phi) is 6.47. The Morgan fingerprint density at radius 3 is 2.53 bits per heavy atom. The molecule has 2 amide bonds. The van der Waals surface area contributed by atoms with Gasteiger partial charge in [0.25, 0.3) is 11.8 Å². The fourth-order valence-electron chi connectivity index (χ4n) is 3.93. The van der Waals surface area contributed by atoms with E-state index in [1.54, 1.807) is 21.1 Å². The molecule has 0 bridgehead atoms. The van der Waals surface area contributed by atoms with E-state index in [1.165, 1.54) is 20.7 Å². The van der Waals surface area contributed by atoms with Crippen LogP contribution in [0.3, 0.4) is 0 Å². The van der Waals surface area contributed by atoms with Crippen molar-refractivity contribution >= 4 is 23.1 Å². The number of aliphatic hydroxyl groups is 1. The molecule has 1 aromatic carbocycles. The minimum atomic E-state index is -0.368. The van der Waals surface area contributed by atoms with Crippen LogP contribution in [0.2, 0.25) is 0 Å². The molecule has 9 nitrogen and oxygen atoms in total. The molecule has 176 valence electrons. The van der Waals surface area contributed by atoms with Gasteiger partial charge in [-0.3, -0.25) is 14.3 Å². The first-order chi connectivity index (χ1) is 16.3. The molecule has 3 heterocycles. The number of hydrogen-bond acceptors (Lipinski definition) is 5. The van der Waals surface area contributed by atoms with E-state index in [1.807, 2.05) is 66.2 Å². The number of imidazole rings is 1. The standard InChI is InChI=1S/C25H28N6O3/c1-5-18(16-32)28(2)24(33)20-14-26-30(4)23(20)25(34)29(3)19-11-12-31-15-21(27-22(31)13-19)17-9-7-6-8-10-17/h6-15,18,32H,5,16H2,1-4H3. The molecule has 4 aromatic rings. The van der Waals surface area contributed by atoms with Gasteiger partial charge in [0.1, 0.15) is 11.3 Å². The molecule has 0 aliphatic carbocycles. The smallest absolute Gasteiger partial charge is 0.277 e. The van der Waals surface area contributed by atoms with E-state index in [-0.39, 0.29) is 35.7 Å². The minimum Gasteiger partial charge on any atom is -0.394 e. The molecule has 1 unspecified atom stereocenters. The minimum absolute atomic E-state index is 0.155. The van der Waals surface area contributed by atoms with Crippen molar-refractivity contribution in [2.24, 2.45) is 7.05 Å². The number of rotatable bonds is 7. The summed E-state index contributed by atoms with van der Waals surface area (Å²) < 4.78 is 3.30. The number of amides is 2. The van der Waals surface area contributed by atoms with Crippen molar-refractivity contribution in [2.45, 2.75) is 19.4 Å². The third-order valence-electron chi connectivity index (χ3n) is 6.13. The molecule has 1 atom stereocenters. The maximum absolute atomic E-state index is 13.5. The first-order valence-electron chi connectivity index (χ1n) is 11.1. The number of carbonyl (C=O) groups is 2. The summed E-state index contributed by atoms with van der Waals surface area (Å²) in [5.41, 5.74) is 3.56. The molecule has 0 saturated heterocycles. The fourth-order valence-corrected chi connectivity index (χ4v) is 3.93. The predicted molar refractivity (Wildman–Crippen MR) is 130 cm³/mol. The molecular formula is C25H28N6O3. The Morgan fingerprint density at radius 2 is 1.85 bits per heavy atom. The summed E-state index contributed by atoms with van der Waals surface area (Å²) in [6.45, 7) is 1.74. The van der Waals surface area contributed by atoms with Gasteiger partial charge >= 0.3 is 0 Å². The third-order valence-corrected chi connectivity index (χ3v) is 6.13. The van der Waals surface area contributed by atoms with Crippen LogP contribution in [-0.4, -0.2) is 67.7 Å². The molecular weight excluding hydrogens is 432 g/mol. The third kappa shape index (κ3) is 4.17. The van der Waals surface area contributed by atoms with Gasteiger partial charge in [0.05, 0.1) is 30.1 Å². The Morgan fingerprint density at radius 1 is 1.12 bits per heavy atom. The van der Waals surface area contributed by atoms with Crippen molar-refractivity contribution in [3.8, 4) is 11.3 Å². The number of aromatic nitrogens is 4. The van der Waals surface area contributed by atoms with Crippen LogP contribution in [0.1, 0.15) is 34.2 Å². The number of likely N-dealkylation sites (N-methyl/N-ethyl adjacent to an activating group) is 1. The fraction of sp³-hybridized carbons (Fsp3) is 0.280. The summed E-state index contributed by atoms with van der Waals surface area (Å²) in [5.74, 6) is -0.727. The first-order valence-corrected chi connectivity index (χ1v) is 11.1. The average molecular weight is 461 g/mol. The zero-order valence-electron chi connectivity index (χ0n) is 19.7. The Labute approximate surface area is 197 Å². The highest BCUT2D eigenvalue weighted by Gasteiger charge is 2.29. The number of hydrogen-bond donors (Lipinski definition) is 1. The van der Waals surface area contributed by atoms with Crippen LogP contribution in [0.4, 0.5) is 5.69 Å². The normalized spacial score (nSPS) is 12.0. The molecule has 9 heteroatoms. The van der Waals surface area contributed by atoms with E-state index < -0.39 is 0 Å². The first kappa shape index (κ1) is 23.2. The van der Waals surface area contributed by atoms with Crippen LogP contribution in [0.25, 0.3) is 16.9 Å². The van der Waals surface area contributed by atoms with Gasteiger partial charge < -0.3 is 19.3 Å². The summed E-state index contributed by atoms with van der Waals surface area (Å²) in [6, 6.07) is 13.2. The van der Waals surface area contributed by atoms with E-state index in [0.29, 0.717) is 17.8 Å². The van der Waals surface area contributed by atoms with Gasteiger partial charge in [-0.25, -0.2) is 4.98 Å². The van der Waals surface area contributed by atoms with Gasteiger partial charge in [-0.1, -0.05) is 37.3 Å². The second kappa shape index (κ2) is 9.48. The molecule has 0 aliphatic heterocycles. The largest absolute Gasteiger partial charge is 0.394 e. The molecule has 0 saturated carbocycles. The molecule has 0 aliphatic rings. The number of aliphatic hydroxyl groups excluding tert-OH is 1. The summed E-state index contributed by atoms with van der Waals surface area (Å²) in [4.78, 5) is 34.2. The summed E-state index contributed by atoms with van der Waals surface area (Å²) >= 11 is 0. The van der Waals surface area contributed by atoms with E-state index in [9.17, 15) is 14.7 Å². The summed E-state index contributed by atoms with van der Waals surface area (Å²) in [6.07, 6.45) is 5.78. The molecule has 34 heavy (non-hydrogen) atoms. The highest BCUT2D eigenvalue weighted by molar-refractivity contribution is 6.12. The number of fused-ring (bicyclic) bond motifs is 1. The Hall–Kier alpha value is -3.98. The average Bonchev–Trinajstić information content (AvgIpc) is 3.46. The SMILES string of the molecule is CCC(CO)N(C)C(=O)c1cnn(C)c1C(=O)N(C)c1ccn2cc(-c3ccccc3)nc2c1. The molecule has 0 radical (unpaired) electrons. The Bertz CT molecular complexity index is 1320. The van der Waals surface area contributed by atoms with Crippen molar-refractivity contribution in [3.63, 3.8) is 0 Å². The van der Waals surface area contributed by atoms with E-state index in [0.717, 1.165) is 11.3 Å². The van der Waals surface area contributed by atoms with E-state index in [4.69, 9.17) is 4.98 Å². The van der Waals surface area contributed by atoms with Crippen LogP contribution >= 0.6 is 0 Å². The van der Waals surface area contributed by atoms with Crippen molar-refractivity contribution in [1.29, 1.82) is 0 Å². The van der Waals surface area contributed by atoms with Gasteiger partial charge in [-0.15, -0.1) is 0 Å². The molecule has 0 spiro atoms. The topological polar surface area (TPSA) is 96.0 Å². The highest BCUT2D eigenvalue weighted by Crippen LogP contribution is 2.23. The lowest BCUT2D eigenvalue weighted by molar-refractivity contribution is 0.0651. The van der Waals surface area contributed by atoms with Crippen molar-refractivity contribution in [3.05, 3.63) is 72.3 Å². The van der Waals surface area contributed by atoms with Crippen molar-refractivity contribution in [2.75, 3.05) is 25.6 Å². The second-order valence-corrected chi connectivity index (χ2v) is 8.20. The number of carbonyl (C=O) groups excluding carboxylic acids is 2. The van der Waals surface area contributed by atoms with Gasteiger partial charge in [0, 0.05) is 50.9 Å². The second-order valence-electron chi connectivity index (χ2n) is 8.20. The lowest BCUT2D eigenvalue weighted by Gasteiger charge is -2.26. The molecule has 3 aromatic heterocycles. The number of nitrogens with zero attached hydrogens (tertiary/aromatic N) is 6. The van der Waals surface area contributed by atoms with Crippen molar-refractivity contribution in [1.82, 2.24) is 24.1 Å². The van der Waals surface area contributed by atoms with Crippen LogP contribution in [0, 0.1) is 0 Å². The van der Waals surface area contributed by atoms with Gasteiger partial charge in [0.15, 0.2) is 0 Å². The Balaban J connectivity index is 1.64. The molecule has 0 fully saturated rings. The van der Waals surface area contributed by atoms with Crippen molar-refractivity contribution < 1.29 is 14.7 Å². The molecule has 1 N–H and O–H groups in total. The maximum Gasteiger partial charge on any atom is 0.277 e.